The molecule has 7 nitrogen and oxygen atoms in total. The lowest BCUT2D eigenvalue weighted by atomic mass is 10.1. The van der Waals surface area contributed by atoms with Gasteiger partial charge >= 0.3 is 5.97 Å². The van der Waals surface area contributed by atoms with Gasteiger partial charge in [0.25, 0.3) is 5.91 Å². The van der Waals surface area contributed by atoms with Crippen LogP contribution < -0.4 is 10.5 Å². The van der Waals surface area contributed by atoms with Gasteiger partial charge in [0.15, 0.2) is 0 Å². The summed E-state index contributed by atoms with van der Waals surface area (Å²) in [6, 6.07) is 2.90. The van der Waals surface area contributed by atoms with Crippen LogP contribution in [0.5, 0.6) is 0 Å². The quantitative estimate of drug-likeness (QED) is 0.430. The van der Waals surface area contributed by atoms with Crippen LogP contribution in [0.15, 0.2) is 17.0 Å². The minimum absolute atomic E-state index is 0.0498. The molecular formula is C14H20N2O5S3. The highest BCUT2D eigenvalue weighted by molar-refractivity contribution is 8.76. The molecule has 0 heterocycles. The molecule has 1 aromatic rings. The lowest BCUT2D eigenvalue weighted by molar-refractivity contribution is -0.136. The van der Waals surface area contributed by atoms with Crippen molar-refractivity contribution in [1.29, 1.82) is 0 Å². The molecule has 24 heavy (non-hydrogen) atoms. The van der Waals surface area contributed by atoms with Crippen LogP contribution >= 0.6 is 21.6 Å². The van der Waals surface area contributed by atoms with Crippen molar-refractivity contribution >= 4 is 43.5 Å². The summed E-state index contributed by atoms with van der Waals surface area (Å²) in [6.07, 6.45) is 0.100. The van der Waals surface area contributed by atoms with Crippen molar-refractivity contribution in [3.05, 3.63) is 28.8 Å². The third kappa shape index (κ3) is 6.71. The number of carbonyl (C=O) groups excluding carboxylic acids is 1. The van der Waals surface area contributed by atoms with Crippen molar-refractivity contribution in [3.63, 3.8) is 0 Å². The number of sulfonamides is 1. The van der Waals surface area contributed by atoms with E-state index in [0.717, 1.165) is 0 Å². The molecule has 0 spiro atoms. The molecule has 4 N–H and O–H groups in total. The summed E-state index contributed by atoms with van der Waals surface area (Å²) in [7, 11) is -0.994. The molecule has 0 aliphatic rings. The Kier molecular flexibility index (Phi) is 8.07. The molecule has 1 rings (SSSR count). The highest BCUT2D eigenvalue weighted by Gasteiger charge is 2.17. The number of aliphatic carboxylic acids is 1. The van der Waals surface area contributed by atoms with Crippen molar-refractivity contribution in [1.82, 2.24) is 5.32 Å². The molecule has 0 unspecified atom stereocenters. The number of carbonyl (C=O) groups is 2. The normalized spacial score (nSPS) is 11.3. The number of benzene rings is 1. The summed E-state index contributed by atoms with van der Waals surface area (Å²) in [4.78, 5) is 22.4. The van der Waals surface area contributed by atoms with E-state index in [0.29, 0.717) is 29.2 Å². The minimum Gasteiger partial charge on any atom is -0.481 e. The van der Waals surface area contributed by atoms with Gasteiger partial charge in [0.1, 0.15) is 0 Å². The molecular weight excluding hydrogens is 372 g/mol. The fraction of sp³-hybridized carbons (Fsp3) is 0.429. The van der Waals surface area contributed by atoms with Gasteiger partial charge in [-0.1, -0.05) is 21.6 Å². The van der Waals surface area contributed by atoms with Gasteiger partial charge in [-0.25, -0.2) is 13.6 Å². The van der Waals surface area contributed by atoms with Gasteiger partial charge in [-0.2, -0.15) is 0 Å². The van der Waals surface area contributed by atoms with Crippen molar-refractivity contribution < 1.29 is 23.1 Å². The number of primary sulfonamides is 1. The average molecular weight is 393 g/mol. The van der Waals surface area contributed by atoms with E-state index in [1.807, 2.05) is 0 Å². The summed E-state index contributed by atoms with van der Waals surface area (Å²) >= 11 is 0. The van der Waals surface area contributed by atoms with Gasteiger partial charge in [0.05, 0.1) is 11.3 Å². The first-order valence-electron chi connectivity index (χ1n) is 7.01. The number of aryl methyl sites for hydroxylation is 1. The Morgan fingerprint density at radius 3 is 2.42 bits per heavy atom. The van der Waals surface area contributed by atoms with E-state index in [9.17, 15) is 18.0 Å². The number of nitrogens with two attached hydrogens (primary N) is 1. The van der Waals surface area contributed by atoms with E-state index in [1.54, 1.807) is 19.9 Å². The second-order valence-electron chi connectivity index (χ2n) is 5.00. The van der Waals surface area contributed by atoms with Gasteiger partial charge in [-0.3, -0.25) is 9.59 Å². The zero-order valence-corrected chi connectivity index (χ0v) is 15.8. The number of hydrogen-bond donors (Lipinski definition) is 3. The molecule has 10 heteroatoms. The number of carboxylic acids is 1. The third-order valence-corrected chi connectivity index (χ3v) is 6.59. The standard InChI is InChI=1S/C14H20N2O5S3/c1-9-7-11(8-12(10(9)2)24(15,20)21)14(19)16-4-6-23-22-5-3-13(17)18/h7-8H,3-6H2,1-2H3,(H,16,19)(H,17,18)(H2,15,20,21). The number of rotatable bonds is 9. The lowest BCUT2D eigenvalue weighted by Crippen LogP contribution is -2.26. The molecule has 1 amide bonds. The van der Waals surface area contributed by atoms with Crippen molar-refractivity contribution in [2.45, 2.75) is 25.2 Å². The second kappa shape index (κ2) is 9.30. The highest BCUT2D eigenvalue weighted by Crippen LogP contribution is 2.22. The Balaban J connectivity index is 2.57. The summed E-state index contributed by atoms with van der Waals surface area (Å²) in [5.41, 5.74) is 1.44. The molecule has 0 bridgehead atoms. The van der Waals surface area contributed by atoms with E-state index in [1.165, 1.54) is 27.7 Å². The molecule has 0 aliphatic heterocycles. The van der Waals surface area contributed by atoms with Crippen LogP contribution in [0.3, 0.4) is 0 Å². The molecule has 0 aliphatic carbocycles. The van der Waals surface area contributed by atoms with Crippen LogP contribution in [0, 0.1) is 13.8 Å². The van der Waals surface area contributed by atoms with E-state index in [-0.39, 0.29) is 22.8 Å². The molecule has 0 aromatic heterocycles. The maximum absolute atomic E-state index is 12.1. The minimum atomic E-state index is -3.89. The van der Waals surface area contributed by atoms with Crippen LogP contribution in [0.1, 0.15) is 27.9 Å². The van der Waals surface area contributed by atoms with Crippen molar-refractivity contribution in [3.8, 4) is 0 Å². The fourth-order valence-corrected chi connectivity index (χ4v) is 4.57. The van der Waals surface area contributed by atoms with Crippen LogP contribution in [0.25, 0.3) is 0 Å². The Hall–Kier alpha value is -1.23. The Morgan fingerprint density at radius 2 is 1.83 bits per heavy atom. The molecule has 0 saturated carbocycles. The largest absolute Gasteiger partial charge is 0.481 e. The Labute approximate surface area is 149 Å². The van der Waals surface area contributed by atoms with Crippen LogP contribution in [-0.2, 0) is 14.8 Å². The van der Waals surface area contributed by atoms with E-state index in [2.05, 4.69) is 5.32 Å². The van der Waals surface area contributed by atoms with Crippen LogP contribution in [0.4, 0.5) is 0 Å². The zero-order valence-electron chi connectivity index (χ0n) is 13.4. The maximum atomic E-state index is 12.1. The lowest BCUT2D eigenvalue weighted by Gasteiger charge is -2.11. The highest BCUT2D eigenvalue weighted by atomic mass is 33.1. The van der Waals surface area contributed by atoms with Crippen molar-refractivity contribution in [2.75, 3.05) is 18.1 Å². The van der Waals surface area contributed by atoms with Gasteiger partial charge in [-0.15, -0.1) is 0 Å². The summed E-state index contributed by atoms with van der Waals surface area (Å²) in [6.45, 7) is 3.75. The number of carboxylic acid groups (broad SMARTS) is 1. The Bertz CT molecular complexity index is 719. The first-order chi connectivity index (χ1) is 11.1. The third-order valence-electron chi connectivity index (χ3n) is 3.14. The van der Waals surface area contributed by atoms with E-state index >= 15 is 0 Å². The number of hydrogen-bond acceptors (Lipinski definition) is 6. The monoisotopic (exact) mass is 392 g/mol. The number of nitrogens with one attached hydrogen (secondary N) is 1. The Morgan fingerprint density at radius 1 is 1.21 bits per heavy atom. The smallest absolute Gasteiger partial charge is 0.304 e. The molecule has 0 saturated heterocycles. The van der Waals surface area contributed by atoms with Gasteiger partial charge in [0.2, 0.25) is 10.0 Å². The SMILES string of the molecule is Cc1cc(C(=O)NCCSSCCC(=O)O)cc(S(N)(=O)=O)c1C. The maximum Gasteiger partial charge on any atom is 0.304 e. The van der Waals surface area contributed by atoms with E-state index in [4.69, 9.17) is 10.2 Å². The second-order valence-corrected chi connectivity index (χ2v) is 9.24. The first kappa shape index (κ1) is 20.8. The fourth-order valence-electron chi connectivity index (χ4n) is 1.81. The molecule has 1 aromatic carbocycles. The van der Waals surface area contributed by atoms with Gasteiger partial charge in [0, 0.05) is 23.6 Å². The topological polar surface area (TPSA) is 127 Å². The molecule has 134 valence electrons. The average Bonchev–Trinajstić information content (AvgIpc) is 2.47. The summed E-state index contributed by atoms with van der Waals surface area (Å²) in [5, 5.41) is 16.4. The zero-order chi connectivity index (χ0) is 18.3. The van der Waals surface area contributed by atoms with Crippen LogP contribution in [-0.4, -0.2) is 43.5 Å². The summed E-state index contributed by atoms with van der Waals surface area (Å²) < 4.78 is 23.2. The van der Waals surface area contributed by atoms with E-state index < -0.39 is 16.0 Å². The molecule has 0 atom stereocenters. The molecule has 0 fully saturated rings. The predicted molar refractivity (Wildman–Crippen MR) is 96.8 cm³/mol. The summed E-state index contributed by atoms with van der Waals surface area (Å²) in [5.74, 6) is -0.0953. The first-order valence-corrected chi connectivity index (χ1v) is 11.0. The molecule has 0 radical (unpaired) electrons. The predicted octanol–water partition coefficient (Wildman–Crippen LogP) is 1.54. The van der Waals surface area contributed by atoms with Crippen LogP contribution in [0.2, 0.25) is 0 Å². The van der Waals surface area contributed by atoms with Crippen molar-refractivity contribution in [2.24, 2.45) is 5.14 Å². The number of amides is 1. The van der Waals surface area contributed by atoms with Gasteiger partial charge in [-0.05, 0) is 37.1 Å². The van der Waals surface area contributed by atoms with Gasteiger partial charge < -0.3 is 10.4 Å².